The van der Waals surface area contributed by atoms with Gasteiger partial charge in [-0.25, -0.2) is 4.98 Å². The van der Waals surface area contributed by atoms with Crippen molar-refractivity contribution in [3.8, 4) is 11.5 Å². The van der Waals surface area contributed by atoms with E-state index >= 15 is 0 Å². The van der Waals surface area contributed by atoms with E-state index in [4.69, 9.17) is 10.5 Å². The van der Waals surface area contributed by atoms with Crippen molar-refractivity contribution in [2.75, 3.05) is 0 Å². The largest absolute Gasteiger partial charge is 0.457 e. The summed E-state index contributed by atoms with van der Waals surface area (Å²) in [6.07, 6.45) is 0. The van der Waals surface area contributed by atoms with E-state index in [-0.39, 0.29) is 5.91 Å². The topological polar surface area (TPSA) is 99.2 Å². The van der Waals surface area contributed by atoms with E-state index in [1.807, 2.05) is 24.3 Å². The van der Waals surface area contributed by atoms with Gasteiger partial charge in [-0.2, -0.15) is 0 Å². The van der Waals surface area contributed by atoms with Gasteiger partial charge in [0.2, 0.25) is 5.91 Å². The molecular weight excluding hydrogens is 392 g/mol. The number of fused-ring (bicyclic) bond motifs is 1. The van der Waals surface area contributed by atoms with Gasteiger partial charge >= 0.3 is 0 Å². The van der Waals surface area contributed by atoms with Gasteiger partial charge in [0.05, 0.1) is 17.6 Å². The number of aromatic nitrogens is 2. The molecule has 0 atom stereocenters. The molecule has 0 unspecified atom stereocenters. The van der Waals surface area contributed by atoms with Crippen LogP contribution < -0.4 is 15.8 Å². The fourth-order valence-corrected chi connectivity index (χ4v) is 3.37. The second-order valence-electron chi connectivity index (χ2n) is 6.96. The normalized spacial score (nSPS) is 10.7. The zero-order valence-corrected chi connectivity index (χ0v) is 17.0. The van der Waals surface area contributed by atoms with Crippen molar-refractivity contribution in [1.82, 2.24) is 14.9 Å². The number of para-hydroxylation sites is 2. The highest BCUT2D eigenvalue weighted by Gasteiger charge is 2.11. The molecule has 0 aliphatic rings. The molecule has 0 saturated carbocycles. The molecule has 0 aliphatic carbocycles. The third-order valence-corrected chi connectivity index (χ3v) is 4.95. The Kier molecular flexibility index (Phi) is 5.66. The van der Waals surface area contributed by atoms with Gasteiger partial charge in [-0.15, -0.1) is 0 Å². The van der Waals surface area contributed by atoms with E-state index in [0.29, 0.717) is 29.2 Å². The summed E-state index contributed by atoms with van der Waals surface area (Å²) >= 11 is 0. The lowest BCUT2D eigenvalue weighted by atomic mass is 10.2. The average Bonchev–Trinajstić information content (AvgIpc) is 3.16. The van der Waals surface area contributed by atoms with Crippen LogP contribution in [0.4, 0.5) is 0 Å². The third kappa shape index (κ3) is 4.40. The van der Waals surface area contributed by atoms with Crippen LogP contribution in [0.3, 0.4) is 0 Å². The molecule has 7 heteroatoms. The molecular formula is C24H22N4O3. The molecule has 4 rings (SSSR count). The van der Waals surface area contributed by atoms with Crippen molar-refractivity contribution in [3.05, 3.63) is 89.7 Å². The monoisotopic (exact) mass is 414 g/mol. The summed E-state index contributed by atoms with van der Waals surface area (Å²) in [6, 6.07) is 21.3. The van der Waals surface area contributed by atoms with E-state index in [0.717, 1.165) is 23.4 Å². The summed E-state index contributed by atoms with van der Waals surface area (Å²) in [4.78, 5) is 28.3. The highest BCUT2D eigenvalue weighted by atomic mass is 16.5. The van der Waals surface area contributed by atoms with Gasteiger partial charge in [0, 0.05) is 17.7 Å². The van der Waals surface area contributed by atoms with Crippen molar-refractivity contribution in [1.29, 1.82) is 0 Å². The number of hydrogen-bond donors (Lipinski definition) is 2. The molecule has 0 bridgehead atoms. The van der Waals surface area contributed by atoms with Gasteiger partial charge in [-0.1, -0.05) is 12.1 Å². The number of nitrogens with one attached hydrogen (secondary N) is 1. The van der Waals surface area contributed by atoms with Gasteiger partial charge in [0.15, 0.2) is 0 Å². The third-order valence-electron chi connectivity index (χ3n) is 4.95. The van der Waals surface area contributed by atoms with Crippen LogP contribution in [0.2, 0.25) is 0 Å². The number of rotatable bonds is 7. The SMILES string of the molecule is CCn1c(CNC(=O)c2ccc(Oc3ccc(C(N)=O)cc3)cc2)nc2ccccc21. The second-order valence-corrected chi connectivity index (χ2v) is 6.96. The Balaban J connectivity index is 1.40. The molecule has 4 aromatic rings. The van der Waals surface area contributed by atoms with Crippen LogP contribution in [0.25, 0.3) is 11.0 Å². The molecule has 0 aliphatic heterocycles. The fraction of sp³-hybridized carbons (Fsp3) is 0.125. The number of hydrogen-bond acceptors (Lipinski definition) is 4. The lowest BCUT2D eigenvalue weighted by molar-refractivity contribution is 0.0948. The Morgan fingerprint density at radius 1 is 0.935 bits per heavy atom. The average molecular weight is 414 g/mol. The van der Waals surface area contributed by atoms with Crippen LogP contribution in [0.15, 0.2) is 72.8 Å². The van der Waals surface area contributed by atoms with Gasteiger partial charge in [0.1, 0.15) is 17.3 Å². The summed E-state index contributed by atoms with van der Waals surface area (Å²) < 4.78 is 7.84. The lowest BCUT2D eigenvalue weighted by Crippen LogP contribution is -2.24. The Bertz CT molecular complexity index is 1230. The smallest absolute Gasteiger partial charge is 0.251 e. The van der Waals surface area contributed by atoms with Gasteiger partial charge < -0.3 is 20.4 Å². The Morgan fingerprint density at radius 2 is 1.55 bits per heavy atom. The highest BCUT2D eigenvalue weighted by Crippen LogP contribution is 2.22. The molecule has 7 nitrogen and oxygen atoms in total. The van der Waals surface area contributed by atoms with E-state index in [2.05, 4.69) is 21.8 Å². The van der Waals surface area contributed by atoms with Gasteiger partial charge in [-0.05, 0) is 67.6 Å². The molecule has 2 amide bonds. The summed E-state index contributed by atoms with van der Waals surface area (Å²) in [5, 5.41) is 2.93. The number of benzene rings is 3. The van der Waals surface area contributed by atoms with Crippen molar-refractivity contribution in [2.45, 2.75) is 20.0 Å². The number of carbonyl (C=O) groups excluding carboxylic acids is 2. The van der Waals surface area contributed by atoms with E-state index in [9.17, 15) is 9.59 Å². The van der Waals surface area contributed by atoms with E-state index in [1.54, 1.807) is 48.5 Å². The predicted molar refractivity (Wildman–Crippen MR) is 118 cm³/mol. The number of nitrogens with zero attached hydrogens (tertiary/aromatic N) is 2. The van der Waals surface area contributed by atoms with E-state index in [1.165, 1.54) is 0 Å². The molecule has 0 saturated heterocycles. The van der Waals surface area contributed by atoms with Crippen LogP contribution >= 0.6 is 0 Å². The zero-order valence-electron chi connectivity index (χ0n) is 17.0. The molecule has 31 heavy (non-hydrogen) atoms. The first-order valence-corrected chi connectivity index (χ1v) is 9.95. The number of imidazole rings is 1. The maximum Gasteiger partial charge on any atom is 0.251 e. The van der Waals surface area contributed by atoms with Crippen molar-refractivity contribution >= 4 is 22.8 Å². The first-order chi connectivity index (χ1) is 15.0. The number of primary amides is 1. The summed E-state index contributed by atoms with van der Waals surface area (Å²) in [5.41, 5.74) is 8.14. The van der Waals surface area contributed by atoms with Crippen molar-refractivity contribution < 1.29 is 14.3 Å². The van der Waals surface area contributed by atoms with Gasteiger partial charge in [-0.3, -0.25) is 9.59 Å². The van der Waals surface area contributed by atoms with Crippen molar-refractivity contribution in [3.63, 3.8) is 0 Å². The maximum absolute atomic E-state index is 12.6. The lowest BCUT2D eigenvalue weighted by Gasteiger charge is -2.09. The summed E-state index contributed by atoms with van der Waals surface area (Å²) in [6.45, 7) is 3.17. The first kappa shape index (κ1) is 20.2. The quantitative estimate of drug-likeness (QED) is 0.479. The molecule has 1 aromatic heterocycles. The van der Waals surface area contributed by atoms with Crippen LogP contribution in [-0.4, -0.2) is 21.4 Å². The number of aryl methyl sites for hydroxylation is 1. The molecule has 0 spiro atoms. The Labute approximate surface area is 179 Å². The zero-order chi connectivity index (χ0) is 21.8. The van der Waals surface area contributed by atoms with Crippen LogP contribution in [0, 0.1) is 0 Å². The number of ether oxygens (including phenoxy) is 1. The standard InChI is InChI=1S/C24H22N4O3/c1-2-28-21-6-4-3-5-20(21)27-22(28)15-26-24(30)17-9-13-19(14-10-17)31-18-11-7-16(8-12-18)23(25)29/h3-14H,2,15H2,1H3,(H2,25,29)(H,26,30). The number of nitrogens with two attached hydrogens (primary N) is 1. The fourth-order valence-electron chi connectivity index (χ4n) is 3.37. The number of amides is 2. The predicted octanol–water partition coefficient (Wildman–Crippen LogP) is 3.88. The van der Waals surface area contributed by atoms with Crippen LogP contribution in [0.5, 0.6) is 11.5 Å². The van der Waals surface area contributed by atoms with Crippen LogP contribution in [0.1, 0.15) is 33.5 Å². The minimum atomic E-state index is -0.489. The summed E-state index contributed by atoms with van der Waals surface area (Å²) in [7, 11) is 0. The minimum absolute atomic E-state index is 0.188. The Morgan fingerprint density at radius 3 is 2.16 bits per heavy atom. The molecule has 3 N–H and O–H groups in total. The minimum Gasteiger partial charge on any atom is -0.457 e. The van der Waals surface area contributed by atoms with Crippen molar-refractivity contribution in [2.24, 2.45) is 5.73 Å². The van der Waals surface area contributed by atoms with Gasteiger partial charge in [0.25, 0.3) is 5.91 Å². The van der Waals surface area contributed by atoms with E-state index < -0.39 is 5.91 Å². The number of carbonyl (C=O) groups is 2. The van der Waals surface area contributed by atoms with Crippen LogP contribution in [-0.2, 0) is 13.1 Å². The molecule has 0 radical (unpaired) electrons. The maximum atomic E-state index is 12.6. The molecule has 1 heterocycles. The first-order valence-electron chi connectivity index (χ1n) is 9.95. The Hall–Kier alpha value is -4.13. The molecule has 3 aromatic carbocycles. The second kappa shape index (κ2) is 8.71. The molecule has 0 fully saturated rings. The molecule has 156 valence electrons. The highest BCUT2D eigenvalue weighted by molar-refractivity contribution is 5.94. The summed E-state index contributed by atoms with van der Waals surface area (Å²) in [5.74, 6) is 1.29.